The summed E-state index contributed by atoms with van der Waals surface area (Å²) in [6.07, 6.45) is 0.629. The highest BCUT2D eigenvalue weighted by molar-refractivity contribution is 14.1. The van der Waals surface area contributed by atoms with E-state index in [0.717, 1.165) is 0 Å². The van der Waals surface area contributed by atoms with Crippen LogP contribution in [0.15, 0.2) is 30.5 Å². The number of benzene rings is 1. The lowest BCUT2D eigenvalue weighted by Gasteiger charge is -2.12. The van der Waals surface area contributed by atoms with E-state index in [4.69, 9.17) is 21.1 Å². The molecule has 20 heavy (non-hydrogen) atoms. The summed E-state index contributed by atoms with van der Waals surface area (Å²) in [6, 6.07) is 6.97. The molecule has 0 bridgehead atoms. The number of hydrogen-bond donors (Lipinski definition) is 1. The molecular weight excluding hydrogens is 395 g/mol. The minimum absolute atomic E-state index is 0.177. The van der Waals surface area contributed by atoms with Crippen molar-refractivity contribution in [2.45, 2.75) is 6.10 Å². The van der Waals surface area contributed by atoms with Crippen molar-refractivity contribution in [2.75, 3.05) is 13.9 Å². The summed E-state index contributed by atoms with van der Waals surface area (Å²) in [7, 11) is 1.55. The predicted molar refractivity (Wildman–Crippen MR) is 82.8 cm³/mol. The van der Waals surface area contributed by atoms with Gasteiger partial charge in [-0.15, -0.1) is 0 Å². The molecule has 1 aromatic heterocycles. The van der Waals surface area contributed by atoms with Gasteiger partial charge in [0.05, 0.1) is 6.20 Å². The summed E-state index contributed by atoms with van der Waals surface area (Å²) < 4.78 is 10.8. The predicted octanol–water partition coefficient (Wildman–Crippen LogP) is 2.80. The van der Waals surface area contributed by atoms with Crippen molar-refractivity contribution in [1.82, 2.24) is 9.97 Å². The average molecular weight is 407 g/mol. The number of methoxy groups -OCH3 is 1. The number of ether oxygens (including phenoxy) is 2. The van der Waals surface area contributed by atoms with Crippen LogP contribution in [-0.4, -0.2) is 29.0 Å². The van der Waals surface area contributed by atoms with E-state index in [-0.39, 0.29) is 11.9 Å². The maximum atomic E-state index is 10.3. The van der Waals surface area contributed by atoms with Crippen molar-refractivity contribution in [2.24, 2.45) is 0 Å². The van der Waals surface area contributed by atoms with Gasteiger partial charge in [-0.2, -0.15) is 0 Å². The first-order valence-corrected chi connectivity index (χ1v) is 7.15. The molecule has 0 amide bonds. The highest BCUT2D eigenvalue weighted by Crippen LogP contribution is 2.26. The minimum atomic E-state index is -0.927. The van der Waals surface area contributed by atoms with Gasteiger partial charge in [0.15, 0.2) is 11.9 Å². The molecule has 2 aromatic rings. The first-order valence-electron chi connectivity index (χ1n) is 5.69. The Bertz CT molecular complexity index is 580. The molecule has 0 spiro atoms. The van der Waals surface area contributed by atoms with E-state index in [0.29, 0.717) is 20.7 Å². The Morgan fingerprint density at radius 3 is 2.65 bits per heavy atom. The van der Waals surface area contributed by atoms with Crippen molar-refractivity contribution in [3.8, 4) is 5.75 Å². The molecule has 2 rings (SSSR count). The Kier molecular flexibility index (Phi) is 5.53. The summed E-state index contributed by atoms with van der Waals surface area (Å²) in [5.41, 5.74) is 0.991. The molecule has 0 fully saturated rings. The normalized spacial score (nSPS) is 12.2. The fourth-order valence-electron chi connectivity index (χ4n) is 1.57. The number of rotatable bonds is 5. The van der Waals surface area contributed by atoms with Crippen LogP contribution in [0.4, 0.5) is 0 Å². The number of nitrogens with zero attached hydrogens (tertiary/aromatic N) is 2. The molecule has 0 saturated carbocycles. The molecule has 1 unspecified atom stereocenters. The largest absolute Gasteiger partial charge is 0.468 e. The summed E-state index contributed by atoms with van der Waals surface area (Å²) in [6.45, 7) is 0.177. The van der Waals surface area contributed by atoms with Gasteiger partial charge < -0.3 is 14.6 Å². The van der Waals surface area contributed by atoms with Crippen molar-refractivity contribution >= 4 is 34.2 Å². The van der Waals surface area contributed by atoms with Crippen LogP contribution in [0.1, 0.15) is 17.4 Å². The number of aliphatic hydroxyl groups excluding tert-OH is 1. The van der Waals surface area contributed by atoms with E-state index in [9.17, 15) is 5.11 Å². The SMILES string of the molecule is COCOc1ccc(C(O)c2ncc(I)nc2Cl)cc1. The Labute approximate surface area is 135 Å². The third-order valence-electron chi connectivity index (χ3n) is 2.52. The summed E-state index contributed by atoms with van der Waals surface area (Å²) in [5, 5.41) is 10.5. The lowest BCUT2D eigenvalue weighted by molar-refractivity contribution is 0.0511. The van der Waals surface area contributed by atoms with Crippen molar-refractivity contribution in [1.29, 1.82) is 0 Å². The lowest BCUT2D eigenvalue weighted by atomic mass is 10.1. The fourth-order valence-corrected chi connectivity index (χ4v) is 2.34. The van der Waals surface area contributed by atoms with Crippen LogP contribution in [-0.2, 0) is 4.74 Å². The fraction of sp³-hybridized carbons (Fsp3) is 0.231. The zero-order valence-corrected chi connectivity index (χ0v) is 13.5. The number of aliphatic hydroxyl groups is 1. The van der Waals surface area contributed by atoms with E-state index >= 15 is 0 Å². The Morgan fingerprint density at radius 1 is 1.35 bits per heavy atom. The molecule has 1 atom stereocenters. The molecule has 0 aliphatic rings. The third-order valence-corrected chi connectivity index (χ3v) is 3.32. The second-order valence-electron chi connectivity index (χ2n) is 3.89. The summed E-state index contributed by atoms with van der Waals surface area (Å²) in [4.78, 5) is 8.19. The van der Waals surface area contributed by atoms with Gasteiger partial charge in [0.1, 0.15) is 21.2 Å². The molecular formula is C13H12ClIN2O3. The molecule has 5 nitrogen and oxygen atoms in total. The Hall–Kier alpha value is -0.960. The van der Waals surface area contributed by atoms with Crippen LogP contribution < -0.4 is 4.74 Å². The maximum Gasteiger partial charge on any atom is 0.188 e. The number of hydrogen-bond acceptors (Lipinski definition) is 5. The van der Waals surface area contributed by atoms with Crippen molar-refractivity contribution < 1.29 is 14.6 Å². The first-order chi connectivity index (χ1) is 9.61. The molecule has 7 heteroatoms. The minimum Gasteiger partial charge on any atom is -0.468 e. The van der Waals surface area contributed by atoms with Gasteiger partial charge in [-0.1, -0.05) is 23.7 Å². The summed E-state index contributed by atoms with van der Waals surface area (Å²) in [5.74, 6) is 0.655. The quantitative estimate of drug-likeness (QED) is 0.611. The highest BCUT2D eigenvalue weighted by Gasteiger charge is 2.17. The molecule has 1 heterocycles. The lowest BCUT2D eigenvalue weighted by Crippen LogP contribution is -2.05. The molecule has 0 aliphatic heterocycles. The van der Waals surface area contributed by atoms with Crippen LogP contribution in [0.25, 0.3) is 0 Å². The van der Waals surface area contributed by atoms with Crippen LogP contribution in [0.5, 0.6) is 5.75 Å². The first kappa shape index (κ1) is 15.4. The van der Waals surface area contributed by atoms with Gasteiger partial charge in [-0.25, -0.2) is 4.98 Å². The van der Waals surface area contributed by atoms with Gasteiger partial charge in [-0.3, -0.25) is 4.98 Å². The Morgan fingerprint density at radius 2 is 2.05 bits per heavy atom. The van der Waals surface area contributed by atoms with Gasteiger partial charge in [0.2, 0.25) is 0 Å². The zero-order valence-electron chi connectivity index (χ0n) is 10.6. The molecule has 0 radical (unpaired) electrons. The van der Waals surface area contributed by atoms with Gasteiger partial charge in [0, 0.05) is 7.11 Å². The van der Waals surface area contributed by atoms with Gasteiger partial charge >= 0.3 is 0 Å². The van der Waals surface area contributed by atoms with E-state index < -0.39 is 6.10 Å². The third kappa shape index (κ3) is 3.78. The van der Waals surface area contributed by atoms with Crippen LogP contribution in [0.3, 0.4) is 0 Å². The standard InChI is InChI=1S/C13H12ClIN2O3/c1-19-7-20-9-4-2-8(3-5-9)12(18)11-13(14)17-10(15)6-16-11/h2-6,12,18H,7H2,1H3. The topological polar surface area (TPSA) is 64.5 Å². The summed E-state index contributed by atoms with van der Waals surface area (Å²) >= 11 is 8.00. The maximum absolute atomic E-state index is 10.3. The molecule has 1 N–H and O–H groups in total. The van der Waals surface area contributed by atoms with Crippen molar-refractivity contribution in [3.05, 3.63) is 50.6 Å². The average Bonchev–Trinajstić information content (AvgIpc) is 2.45. The van der Waals surface area contributed by atoms with Crippen LogP contribution in [0, 0.1) is 3.70 Å². The highest BCUT2D eigenvalue weighted by atomic mass is 127. The Balaban J connectivity index is 2.18. The number of halogens is 2. The second kappa shape index (κ2) is 7.16. The zero-order chi connectivity index (χ0) is 14.5. The number of aromatic nitrogens is 2. The van der Waals surface area contributed by atoms with Crippen molar-refractivity contribution in [3.63, 3.8) is 0 Å². The van der Waals surface area contributed by atoms with E-state index in [2.05, 4.69) is 9.97 Å². The van der Waals surface area contributed by atoms with Gasteiger partial charge in [-0.05, 0) is 40.3 Å². The van der Waals surface area contributed by atoms with Gasteiger partial charge in [0.25, 0.3) is 0 Å². The molecule has 106 valence electrons. The molecule has 1 aromatic carbocycles. The van der Waals surface area contributed by atoms with Crippen LogP contribution in [0.2, 0.25) is 5.15 Å². The molecule has 0 saturated heterocycles. The van der Waals surface area contributed by atoms with E-state index in [1.807, 2.05) is 22.6 Å². The second-order valence-corrected chi connectivity index (χ2v) is 5.35. The van der Waals surface area contributed by atoms with E-state index in [1.165, 1.54) is 0 Å². The molecule has 0 aliphatic carbocycles. The smallest absolute Gasteiger partial charge is 0.188 e. The monoisotopic (exact) mass is 406 g/mol. The van der Waals surface area contributed by atoms with E-state index in [1.54, 1.807) is 37.6 Å². The van der Waals surface area contributed by atoms with Crippen LogP contribution >= 0.6 is 34.2 Å².